The van der Waals surface area contributed by atoms with Crippen LogP contribution in [-0.2, 0) is 21.4 Å². The number of hydrogen-bond donors (Lipinski definition) is 3. The molecule has 6 rings (SSSR count). The number of halogens is 3. The van der Waals surface area contributed by atoms with E-state index < -0.39 is 24.1 Å². The number of amides is 2. The molecule has 1 aromatic heterocycles. The number of carbonyl (C=O) groups excluding carboxylic acids is 2. The molecule has 0 saturated carbocycles. The quantitative estimate of drug-likeness (QED) is 0.368. The van der Waals surface area contributed by atoms with Crippen molar-refractivity contribution in [1.29, 1.82) is 0 Å². The summed E-state index contributed by atoms with van der Waals surface area (Å²) in [6.45, 7) is 7.98. The fourth-order valence-electron chi connectivity index (χ4n) is 6.27. The third-order valence-electron chi connectivity index (χ3n) is 8.76. The predicted molar refractivity (Wildman–Crippen MR) is 162 cm³/mol. The van der Waals surface area contributed by atoms with Crippen LogP contribution in [-0.4, -0.2) is 88.9 Å². The smallest absolute Gasteiger partial charge is 0.475 e. The number of carboxylic acid groups (broad SMARTS) is 1. The van der Waals surface area contributed by atoms with Crippen LogP contribution in [0.15, 0.2) is 47.3 Å². The van der Waals surface area contributed by atoms with Crippen LogP contribution in [0.4, 0.5) is 18.9 Å². The second-order valence-electron chi connectivity index (χ2n) is 11.7. The number of piperidine rings is 2. The molecule has 1 unspecified atom stereocenters. The molecule has 0 aliphatic carbocycles. The third-order valence-corrected chi connectivity index (χ3v) is 8.76. The average molecular weight is 631 g/mol. The van der Waals surface area contributed by atoms with Crippen molar-refractivity contribution in [2.45, 2.75) is 37.9 Å². The van der Waals surface area contributed by atoms with Gasteiger partial charge in [-0.15, -0.1) is 0 Å². The lowest BCUT2D eigenvalue weighted by atomic mass is 9.95. The maximum atomic E-state index is 13.1. The van der Waals surface area contributed by atoms with Crippen LogP contribution in [0.25, 0.3) is 22.2 Å². The van der Waals surface area contributed by atoms with Gasteiger partial charge in [0.25, 0.3) is 0 Å². The summed E-state index contributed by atoms with van der Waals surface area (Å²) in [5.41, 5.74) is 4.60. The van der Waals surface area contributed by atoms with Crippen molar-refractivity contribution in [3.05, 3.63) is 52.9 Å². The molecule has 3 fully saturated rings. The van der Waals surface area contributed by atoms with E-state index in [1.54, 1.807) is 11.6 Å². The Morgan fingerprint density at radius 2 is 1.53 bits per heavy atom. The van der Waals surface area contributed by atoms with E-state index in [4.69, 9.17) is 9.90 Å². The number of anilines is 1. The number of carbonyl (C=O) groups is 3. The molecule has 11 nitrogen and oxygen atoms in total. The fraction of sp³-hybridized carbons (Fsp3) is 0.484. The van der Waals surface area contributed by atoms with Gasteiger partial charge in [-0.2, -0.15) is 13.2 Å². The van der Waals surface area contributed by atoms with E-state index in [1.165, 1.54) is 42.7 Å². The molecule has 1 atom stereocenters. The first-order valence-electron chi connectivity index (χ1n) is 15.1. The zero-order valence-corrected chi connectivity index (χ0v) is 25.0. The number of piperazine rings is 1. The maximum Gasteiger partial charge on any atom is 0.490 e. The Labute approximate surface area is 257 Å². The van der Waals surface area contributed by atoms with Gasteiger partial charge < -0.3 is 20.2 Å². The van der Waals surface area contributed by atoms with Crippen molar-refractivity contribution in [2.24, 2.45) is 13.0 Å². The normalized spacial score (nSPS) is 20.1. The first-order valence-corrected chi connectivity index (χ1v) is 15.1. The van der Waals surface area contributed by atoms with Crippen LogP contribution in [0.2, 0.25) is 0 Å². The zero-order valence-electron chi connectivity index (χ0n) is 25.0. The van der Waals surface area contributed by atoms with Crippen LogP contribution in [0, 0.1) is 5.92 Å². The maximum absolute atomic E-state index is 13.1. The Morgan fingerprint density at radius 3 is 2.13 bits per heavy atom. The van der Waals surface area contributed by atoms with E-state index >= 15 is 0 Å². The van der Waals surface area contributed by atoms with E-state index in [2.05, 4.69) is 44.7 Å². The molecule has 0 spiro atoms. The number of nitrogens with zero attached hydrogens (tertiary/aromatic N) is 4. The molecule has 2 aromatic carbocycles. The summed E-state index contributed by atoms with van der Waals surface area (Å²) in [6, 6.07) is 13.9. The highest BCUT2D eigenvalue weighted by molar-refractivity contribution is 6.00. The molecular formula is C31H37F3N6O5. The van der Waals surface area contributed by atoms with Gasteiger partial charge in [0.05, 0.1) is 11.0 Å². The lowest BCUT2D eigenvalue weighted by Crippen LogP contribution is -2.46. The molecule has 45 heavy (non-hydrogen) atoms. The van der Waals surface area contributed by atoms with Gasteiger partial charge in [0.15, 0.2) is 0 Å². The third kappa shape index (κ3) is 7.39. The molecule has 2 amide bonds. The second-order valence-corrected chi connectivity index (χ2v) is 11.7. The van der Waals surface area contributed by atoms with E-state index in [-0.39, 0.29) is 18.0 Å². The molecule has 242 valence electrons. The number of imide groups is 1. The van der Waals surface area contributed by atoms with Crippen molar-refractivity contribution in [3.8, 4) is 11.1 Å². The molecule has 3 saturated heterocycles. The molecule has 3 aliphatic rings. The SMILES string of the molecule is Cn1c(=O)n(C2CCC(=O)NC2=O)c2ccc(-c3ccc(N4CCC(CN5CCNCC5)CC4)cc3)cc21.O=C(O)C(F)(F)F. The van der Waals surface area contributed by atoms with Crippen LogP contribution < -0.4 is 21.2 Å². The Bertz CT molecular complexity index is 1600. The summed E-state index contributed by atoms with van der Waals surface area (Å²) in [7, 11) is 1.73. The summed E-state index contributed by atoms with van der Waals surface area (Å²) in [4.78, 5) is 51.1. The monoisotopic (exact) mass is 630 g/mol. The Kier molecular flexibility index (Phi) is 9.63. The van der Waals surface area contributed by atoms with Crippen molar-refractivity contribution in [2.75, 3.05) is 50.7 Å². The fourth-order valence-corrected chi connectivity index (χ4v) is 6.27. The summed E-state index contributed by atoms with van der Waals surface area (Å²) < 4.78 is 34.8. The van der Waals surface area contributed by atoms with Gasteiger partial charge in [0.2, 0.25) is 11.8 Å². The van der Waals surface area contributed by atoms with Crippen LogP contribution >= 0.6 is 0 Å². The van der Waals surface area contributed by atoms with E-state index in [9.17, 15) is 27.6 Å². The Balaban J connectivity index is 0.000000515. The number of benzene rings is 2. The van der Waals surface area contributed by atoms with E-state index in [0.29, 0.717) is 11.9 Å². The minimum atomic E-state index is -5.08. The van der Waals surface area contributed by atoms with Crippen molar-refractivity contribution < 1.29 is 32.7 Å². The van der Waals surface area contributed by atoms with Gasteiger partial charge in [-0.05, 0) is 60.6 Å². The van der Waals surface area contributed by atoms with Crippen LogP contribution in [0.1, 0.15) is 31.7 Å². The zero-order chi connectivity index (χ0) is 32.3. The van der Waals surface area contributed by atoms with Crippen molar-refractivity contribution in [1.82, 2.24) is 24.7 Å². The molecule has 4 heterocycles. The second kappa shape index (κ2) is 13.4. The average Bonchev–Trinajstić information content (AvgIpc) is 3.27. The van der Waals surface area contributed by atoms with Crippen LogP contribution in [0.5, 0.6) is 0 Å². The molecule has 3 N–H and O–H groups in total. The summed E-state index contributed by atoms with van der Waals surface area (Å²) in [6.07, 6.45) is -2.04. The highest BCUT2D eigenvalue weighted by atomic mass is 19.4. The first-order chi connectivity index (χ1) is 21.4. The minimum absolute atomic E-state index is 0.234. The number of rotatable bonds is 5. The van der Waals surface area contributed by atoms with E-state index in [0.717, 1.165) is 48.7 Å². The van der Waals surface area contributed by atoms with E-state index in [1.807, 2.05) is 18.2 Å². The van der Waals surface area contributed by atoms with Gasteiger partial charge in [0, 0.05) is 65.0 Å². The number of alkyl halides is 3. The number of carboxylic acids is 1. The summed E-state index contributed by atoms with van der Waals surface area (Å²) >= 11 is 0. The molecule has 0 bridgehead atoms. The number of aliphatic carboxylic acids is 1. The largest absolute Gasteiger partial charge is 0.490 e. The lowest BCUT2D eigenvalue weighted by molar-refractivity contribution is -0.192. The highest BCUT2D eigenvalue weighted by Gasteiger charge is 2.38. The lowest BCUT2D eigenvalue weighted by Gasteiger charge is -2.37. The highest BCUT2D eigenvalue weighted by Crippen LogP contribution is 2.30. The first kappa shape index (κ1) is 32.2. The van der Waals surface area contributed by atoms with Gasteiger partial charge in [-0.25, -0.2) is 9.59 Å². The minimum Gasteiger partial charge on any atom is -0.475 e. The number of aromatic nitrogens is 2. The van der Waals surface area contributed by atoms with Gasteiger partial charge in [0.1, 0.15) is 6.04 Å². The number of fused-ring (bicyclic) bond motifs is 1. The Hall–Kier alpha value is -4.17. The number of imidazole rings is 1. The van der Waals surface area contributed by atoms with Gasteiger partial charge in [-0.3, -0.25) is 24.0 Å². The molecular weight excluding hydrogens is 593 g/mol. The molecule has 3 aromatic rings. The summed E-state index contributed by atoms with van der Waals surface area (Å²) in [5, 5.41) is 12.9. The molecule has 0 radical (unpaired) electrons. The molecule has 3 aliphatic heterocycles. The number of hydrogen-bond acceptors (Lipinski definition) is 7. The Morgan fingerprint density at radius 1 is 0.911 bits per heavy atom. The van der Waals surface area contributed by atoms with Crippen LogP contribution in [0.3, 0.4) is 0 Å². The summed E-state index contributed by atoms with van der Waals surface area (Å²) in [5.74, 6) is -2.67. The standard InChI is InChI=1S/C29H36N6O3.C2HF3O2/c1-32-26-18-22(4-7-24(26)35(29(32)38)25-8-9-27(36)31-28(25)37)21-2-5-23(6-3-21)34-14-10-20(11-15-34)19-33-16-12-30-13-17-33;3-2(4,5)1(6)7/h2-7,18,20,25,30H,8-17,19H2,1H3,(H,31,36,37);(H,6,7). The number of aryl methyl sites for hydroxylation is 1. The number of nitrogens with one attached hydrogen (secondary N) is 2. The van der Waals surface area contributed by atoms with Gasteiger partial charge >= 0.3 is 17.8 Å². The predicted octanol–water partition coefficient (Wildman–Crippen LogP) is 2.74. The van der Waals surface area contributed by atoms with Crippen molar-refractivity contribution >= 4 is 34.5 Å². The molecule has 14 heteroatoms. The van der Waals surface area contributed by atoms with Crippen molar-refractivity contribution in [3.63, 3.8) is 0 Å². The van der Waals surface area contributed by atoms with Gasteiger partial charge in [-0.1, -0.05) is 18.2 Å². The topological polar surface area (TPSA) is 129 Å².